The quantitative estimate of drug-likeness (QED) is 0.441. The Kier molecular flexibility index (Phi) is 10.1. The fourth-order valence-electron chi connectivity index (χ4n) is 3.33. The lowest BCUT2D eigenvalue weighted by molar-refractivity contribution is -0.0504. The van der Waals surface area contributed by atoms with Crippen molar-refractivity contribution in [3.63, 3.8) is 0 Å². The second-order valence-electron chi connectivity index (χ2n) is 7.64. The molecule has 1 fully saturated rings. The van der Waals surface area contributed by atoms with Gasteiger partial charge in [0.15, 0.2) is 5.96 Å². The molecule has 1 saturated heterocycles. The van der Waals surface area contributed by atoms with Gasteiger partial charge in [0.1, 0.15) is 11.5 Å². The number of nitrogens with zero attached hydrogens (tertiary/aromatic N) is 3. The largest absolute Gasteiger partial charge is 0.497 e. The smallest absolute Gasteiger partial charge is 0.387 e. The molecule has 1 aromatic carbocycles. The van der Waals surface area contributed by atoms with Crippen molar-refractivity contribution in [1.29, 1.82) is 0 Å². The van der Waals surface area contributed by atoms with Crippen LogP contribution in [0.3, 0.4) is 0 Å². The molecule has 1 atom stereocenters. The van der Waals surface area contributed by atoms with E-state index in [0.29, 0.717) is 29.7 Å². The van der Waals surface area contributed by atoms with Crippen LogP contribution in [0.2, 0.25) is 0 Å². The van der Waals surface area contributed by atoms with Gasteiger partial charge < -0.3 is 29.9 Å². The van der Waals surface area contributed by atoms with Crippen molar-refractivity contribution in [1.82, 2.24) is 20.4 Å². The minimum absolute atomic E-state index is 0.105. The maximum Gasteiger partial charge on any atom is 0.387 e. The normalized spacial score (nSPS) is 17.1. The number of likely N-dealkylation sites (N-methyl/N-ethyl adjacent to an activating group) is 1. The van der Waals surface area contributed by atoms with E-state index in [1.165, 1.54) is 13.2 Å². The number of piperazine rings is 1. The summed E-state index contributed by atoms with van der Waals surface area (Å²) < 4.78 is 35.2. The lowest BCUT2D eigenvalue weighted by atomic mass is 10.1. The number of halogens is 2. The molecular weight excluding hydrogens is 392 g/mol. The van der Waals surface area contributed by atoms with Crippen LogP contribution in [0.5, 0.6) is 11.5 Å². The van der Waals surface area contributed by atoms with Gasteiger partial charge in [0.2, 0.25) is 0 Å². The van der Waals surface area contributed by atoms with E-state index >= 15 is 0 Å². The van der Waals surface area contributed by atoms with E-state index in [0.717, 1.165) is 39.3 Å². The fourth-order valence-corrected chi connectivity index (χ4v) is 3.33. The molecule has 1 aromatic rings. The van der Waals surface area contributed by atoms with Crippen LogP contribution in [0.4, 0.5) is 8.78 Å². The summed E-state index contributed by atoms with van der Waals surface area (Å²) in [5.74, 6) is 1.77. The number of rotatable bonds is 10. The van der Waals surface area contributed by atoms with Crippen molar-refractivity contribution in [2.45, 2.75) is 27.0 Å². The standard InChI is InChI=1S/C21H35F2N5O2/c1-5-24-21(25-13-16(2)15-28-10-8-27(3)9-11-28)26-14-17-12-18(29-4)6-7-19(17)30-20(22)23/h6-7,12,16,20H,5,8-11,13-15H2,1-4H3,(H2,24,25,26). The van der Waals surface area contributed by atoms with Gasteiger partial charge in [-0.15, -0.1) is 0 Å². The zero-order valence-electron chi connectivity index (χ0n) is 18.5. The second-order valence-corrected chi connectivity index (χ2v) is 7.64. The molecule has 0 aromatic heterocycles. The Morgan fingerprint density at radius 2 is 1.93 bits per heavy atom. The monoisotopic (exact) mass is 427 g/mol. The molecule has 0 amide bonds. The highest BCUT2D eigenvalue weighted by Crippen LogP contribution is 2.26. The van der Waals surface area contributed by atoms with Crippen LogP contribution in [-0.4, -0.2) is 82.3 Å². The summed E-state index contributed by atoms with van der Waals surface area (Å²) in [6, 6.07) is 4.74. The highest BCUT2D eigenvalue weighted by atomic mass is 19.3. The Labute approximate surface area is 178 Å². The molecule has 0 radical (unpaired) electrons. The first-order chi connectivity index (χ1) is 14.4. The maximum absolute atomic E-state index is 12.7. The van der Waals surface area contributed by atoms with Gasteiger partial charge in [-0.05, 0) is 38.1 Å². The van der Waals surface area contributed by atoms with Crippen molar-refractivity contribution in [2.24, 2.45) is 10.9 Å². The molecular formula is C21H35F2N5O2. The first kappa shape index (κ1) is 24.1. The molecule has 0 spiro atoms. The van der Waals surface area contributed by atoms with Crippen LogP contribution in [0.1, 0.15) is 19.4 Å². The summed E-state index contributed by atoms with van der Waals surface area (Å²) in [5, 5.41) is 6.56. The number of guanidine groups is 1. The molecule has 2 N–H and O–H groups in total. The number of aliphatic imine (C=N–C) groups is 1. The Morgan fingerprint density at radius 1 is 1.20 bits per heavy atom. The van der Waals surface area contributed by atoms with Gasteiger partial charge in [0.05, 0.1) is 13.7 Å². The topological polar surface area (TPSA) is 61.4 Å². The number of alkyl halides is 2. The average molecular weight is 428 g/mol. The van der Waals surface area contributed by atoms with E-state index in [2.05, 4.69) is 44.1 Å². The lowest BCUT2D eigenvalue weighted by Crippen LogP contribution is -2.47. The molecule has 0 saturated carbocycles. The van der Waals surface area contributed by atoms with Gasteiger partial charge in [-0.1, -0.05) is 6.92 Å². The van der Waals surface area contributed by atoms with Crippen LogP contribution in [0.25, 0.3) is 0 Å². The molecule has 1 aliphatic rings. The molecule has 170 valence electrons. The summed E-state index contributed by atoms with van der Waals surface area (Å²) in [7, 11) is 3.69. The van der Waals surface area contributed by atoms with Gasteiger partial charge >= 0.3 is 6.61 Å². The van der Waals surface area contributed by atoms with E-state index in [1.807, 2.05) is 6.92 Å². The Balaban J connectivity index is 1.95. The summed E-state index contributed by atoms with van der Waals surface area (Å²) >= 11 is 0. The zero-order chi connectivity index (χ0) is 21.9. The highest BCUT2D eigenvalue weighted by molar-refractivity contribution is 5.79. The van der Waals surface area contributed by atoms with Crippen LogP contribution in [0.15, 0.2) is 23.2 Å². The van der Waals surface area contributed by atoms with Crippen molar-refractivity contribution in [3.05, 3.63) is 23.8 Å². The third-order valence-electron chi connectivity index (χ3n) is 5.02. The molecule has 7 nitrogen and oxygen atoms in total. The third kappa shape index (κ3) is 8.31. The van der Waals surface area contributed by atoms with Gasteiger partial charge in [0, 0.05) is 51.4 Å². The fraction of sp³-hybridized carbons (Fsp3) is 0.667. The second kappa shape index (κ2) is 12.5. The van der Waals surface area contributed by atoms with E-state index in [9.17, 15) is 8.78 Å². The Hall–Kier alpha value is -2.13. The summed E-state index contributed by atoms with van der Waals surface area (Å²) in [6.45, 7) is 8.42. The van der Waals surface area contributed by atoms with Crippen LogP contribution in [-0.2, 0) is 6.54 Å². The Morgan fingerprint density at radius 3 is 2.57 bits per heavy atom. The number of hydrogen-bond donors (Lipinski definition) is 2. The first-order valence-corrected chi connectivity index (χ1v) is 10.5. The summed E-state index contributed by atoms with van der Waals surface area (Å²) in [6.07, 6.45) is 0. The van der Waals surface area contributed by atoms with Gasteiger partial charge in [-0.25, -0.2) is 4.99 Å². The Bertz CT molecular complexity index is 667. The molecule has 30 heavy (non-hydrogen) atoms. The molecule has 1 aliphatic heterocycles. The third-order valence-corrected chi connectivity index (χ3v) is 5.02. The zero-order valence-corrected chi connectivity index (χ0v) is 18.5. The van der Waals surface area contributed by atoms with Gasteiger partial charge in [0.25, 0.3) is 0 Å². The van der Waals surface area contributed by atoms with Crippen molar-refractivity contribution < 1.29 is 18.3 Å². The van der Waals surface area contributed by atoms with Gasteiger partial charge in [-0.2, -0.15) is 8.78 Å². The molecule has 1 unspecified atom stereocenters. The number of benzene rings is 1. The summed E-state index contributed by atoms with van der Waals surface area (Å²) in [5.41, 5.74) is 0.539. The molecule has 0 aliphatic carbocycles. The van der Waals surface area contributed by atoms with E-state index in [-0.39, 0.29) is 12.3 Å². The van der Waals surface area contributed by atoms with Crippen LogP contribution >= 0.6 is 0 Å². The van der Waals surface area contributed by atoms with Crippen LogP contribution < -0.4 is 20.1 Å². The molecule has 9 heteroatoms. The lowest BCUT2D eigenvalue weighted by Gasteiger charge is -2.34. The van der Waals surface area contributed by atoms with Crippen molar-refractivity contribution in [2.75, 3.05) is 60.0 Å². The average Bonchev–Trinajstić information content (AvgIpc) is 2.72. The minimum atomic E-state index is -2.89. The SMILES string of the molecule is CCNC(=NCc1cc(OC)ccc1OC(F)F)NCC(C)CN1CCN(C)CC1. The molecule has 0 bridgehead atoms. The maximum atomic E-state index is 12.7. The first-order valence-electron chi connectivity index (χ1n) is 10.5. The number of nitrogens with one attached hydrogen (secondary N) is 2. The van der Waals surface area contributed by atoms with Crippen molar-refractivity contribution >= 4 is 5.96 Å². The van der Waals surface area contributed by atoms with E-state index < -0.39 is 6.61 Å². The van der Waals surface area contributed by atoms with E-state index in [1.54, 1.807) is 12.1 Å². The number of ether oxygens (including phenoxy) is 2. The van der Waals surface area contributed by atoms with Crippen LogP contribution in [0, 0.1) is 5.92 Å². The highest BCUT2D eigenvalue weighted by Gasteiger charge is 2.16. The van der Waals surface area contributed by atoms with Crippen molar-refractivity contribution in [3.8, 4) is 11.5 Å². The summed E-state index contributed by atoms with van der Waals surface area (Å²) in [4.78, 5) is 9.38. The number of methoxy groups -OCH3 is 1. The molecule has 2 rings (SSSR count). The van der Waals surface area contributed by atoms with Gasteiger partial charge in [-0.3, -0.25) is 0 Å². The number of hydrogen-bond acceptors (Lipinski definition) is 5. The minimum Gasteiger partial charge on any atom is -0.497 e. The predicted octanol–water partition coefficient (Wildman–Crippen LogP) is 2.24. The van der Waals surface area contributed by atoms with E-state index in [4.69, 9.17) is 4.74 Å². The molecule has 1 heterocycles. The predicted molar refractivity (Wildman–Crippen MR) is 116 cm³/mol.